The van der Waals surface area contributed by atoms with E-state index in [1.165, 1.54) is 0 Å². The Labute approximate surface area is 154 Å². The summed E-state index contributed by atoms with van der Waals surface area (Å²) in [5.74, 6) is -0.561. The third-order valence-corrected chi connectivity index (χ3v) is 5.09. The van der Waals surface area contributed by atoms with Gasteiger partial charge in [0.25, 0.3) is 0 Å². The van der Waals surface area contributed by atoms with Crippen LogP contribution in [0.4, 0.5) is 5.69 Å². The topological polar surface area (TPSA) is 75.4 Å². The molecule has 1 heterocycles. The average molecular weight is 374 g/mol. The maximum absolute atomic E-state index is 12.6. The number of hydrogen-bond acceptors (Lipinski definition) is 3. The Balaban J connectivity index is 0.00000288. The largest absolute Gasteiger partial charge is 0.349 e. The minimum Gasteiger partial charge on any atom is -0.349 e. The normalized spacial score (nSPS) is 17.6. The summed E-state index contributed by atoms with van der Waals surface area (Å²) in [7, 11) is 0. The van der Waals surface area contributed by atoms with Crippen LogP contribution < -0.4 is 16.0 Å². The van der Waals surface area contributed by atoms with Gasteiger partial charge in [-0.15, -0.1) is 12.4 Å². The van der Waals surface area contributed by atoms with Gasteiger partial charge in [0, 0.05) is 19.5 Å². The van der Waals surface area contributed by atoms with Crippen LogP contribution in [0.15, 0.2) is 24.3 Å². The fourth-order valence-corrected chi connectivity index (χ4v) is 3.15. The van der Waals surface area contributed by atoms with Crippen LogP contribution in [0.3, 0.4) is 0 Å². The lowest BCUT2D eigenvalue weighted by Crippen LogP contribution is -2.54. The molecule has 1 aromatic rings. The first kappa shape index (κ1) is 20.7. The number of anilines is 1. The standard InChI is InChI=1S/C17H24ClN3O2.ClH/c1-3-17(4-2,11-19)20-16(23)12-9-15(22)21(10-12)14-8-6-5-7-13(14)18;/h5-8,12H,3-4,9-11,19H2,1-2H3,(H,20,23);1H. The zero-order valence-electron chi connectivity index (χ0n) is 14.0. The number of carbonyl (C=O) groups is 2. The lowest BCUT2D eigenvalue weighted by atomic mass is 9.91. The minimum absolute atomic E-state index is 0. The van der Waals surface area contributed by atoms with Crippen molar-refractivity contribution in [3.8, 4) is 0 Å². The fraction of sp³-hybridized carbons (Fsp3) is 0.529. The van der Waals surface area contributed by atoms with E-state index in [4.69, 9.17) is 17.3 Å². The van der Waals surface area contributed by atoms with E-state index in [-0.39, 0.29) is 36.6 Å². The molecule has 1 aromatic carbocycles. The van der Waals surface area contributed by atoms with Gasteiger partial charge in [-0.1, -0.05) is 37.6 Å². The molecule has 0 radical (unpaired) electrons. The molecule has 1 aliphatic heterocycles. The first-order valence-electron chi connectivity index (χ1n) is 8.03. The highest BCUT2D eigenvalue weighted by Crippen LogP contribution is 2.31. The lowest BCUT2D eigenvalue weighted by Gasteiger charge is -2.32. The van der Waals surface area contributed by atoms with E-state index >= 15 is 0 Å². The number of para-hydroxylation sites is 1. The number of benzene rings is 1. The van der Waals surface area contributed by atoms with Crippen molar-refractivity contribution in [3.05, 3.63) is 29.3 Å². The first-order chi connectivity index (χ1) is 11.0. The quantitative estimate of drug-likeness (QED) is 0.804. The summed E-state index contributed by atoms with van der Waals surface area (Å²) in [4.78, 5) is 26.4. The summed E-state index contributed by atoms with van der Waals surface area (Å²) in [5, 5.41) is 3.57. The molecule has 2 amide bonds. The molecule has 3 N–H and O–H groups in total. The smallest absolute Gasteiger partial charge is 0.227 e. The maximum Gasteiger partial charge on any atom is 0.227 e. The minimum atomic E-state index is -0.391. The van der Waals surface area contributed by atoms with Crippen LogP contribution in [0.25, 0.3) is 0 Å². The lowest BCUT2D eigenvalue weighted by molar-refractivity contribution is -0.128. The predicted octanol–water partition coefficient (Wildman–Crippen LogP) is 2.75. The Hall–Kier alpha value is -1.30. The molecular formula is C17H25Cl2N3O2. The van der Waals surface area contributed by atoms with Crippen molar-refractivity contribution in [2.45, 2.75) is 38.6 Å². The molecule has 134 valence electrons. The van der Waals surface area contributed by atoms with Crippen molar-refractivity contribution in [1.82, 2.24) is 5.32 Å². The number of halogens is 2. The molecule has 1 unspecified atom stereocenters. The molecule has 7 heteroatoms. The van der Waals surface area contributed by atoms with Crippen molar-refractivity contribution in [1.29, 1.82) is 0 Å². The van der Waals surface area contributed by atoms with E-state index in [0.717, 1.165) is 12.8 Å². The Bertz CT molecular complexity index is 583. The molecule has 5 nitrogen and oxygen atoms in total. The summed E-state index contributed by atoms with van der Waals surface area (Å²) in [5.41, 5.74) is 6.10. The zero-order valence-corrected chi connectivity index (χ0v) is 15.6. The van der Waals surface area contributed by atoms with Crippen molar-refractivity contribution < 1.29 is 9.59 Å². The van der Waals surface area contributed by atoms with Gasteiger partial charge in [0.1, 0.15) is 0 Å². The molecule has 2 rings (SSSR count). The van der Waals surface area contributed by atoms with Crippen LogP contribution in [-0.4, -0.2) is 30.4 Å². The van der Waals surface area contributed by atoms with E-state index < -0.39 is 5.54 Å². The van der Waals surface area contributed by atoms with E-state index in [9.17, 15) is 9.59 Å². The highest BCUT2D eigenvalue weighted by Gasteiger charge is 2.38. The molecule has 0 spiro atoms. The molecule has 1 saturated heterocycles. The summed E-state index contributed by atoms with van der Waals surface area (Å²) in [6.45, 7) is 4.75. The number of carbonyl (C=O) groups excluding carboxylic acids is 2. The Morgan fingerprint density at radius 2 is 2.00 bits per heavy atom. The molecule has 0 saturated carbocycles. The monoisotopic (exact) mass is 373 g/mol. The molecule has 24 heavy (non-hydrogen) atoms. The maximum atomic E-state index is 12.6. The van der Waals surface area contributed by atoms with E-state index in [2.05, 4.69) is 5.32 Å². The molecule has 0 aliphatic carbocycles. The van der Waals surface area contributed by atoms with Crippen molar-refractivity contribution in [2.75, 3.05) is 18.0 Å². The third kappa shape index (κ3) is 4.21. The molecule has 0 bridgehead atoms. The van der Waals surface area contributed by atoms with Crippen LogP contribution in [-0.2, 0) is 9.59 Å². The summed E-state index contributed by atoms with van der Waals surface area (Å²) >= 11 is 6.16. The van der Waals surface area contributed by atoms with Gasteiger partial charge in [0.05, 0.1) is 22.2 Å². The average Bonchev–Trinajstić information content (AvgIpc) is 2.95. The van der Waals surface area contributed by atoms with Gasteiger partial charge in [-0.3, -0.25) is 9.59 Å². The molecule has 1 fully saturated rings. The van der Waals surface area contributed by atoms with E-state index in [1.807, 2.05) is 26.0 Å². The molecule has 1 aliphatic rings. The molecule has 1 atom stereocenters. The van der Waals surface area contributed by atoms with Crippen LogP contribution in [0.5, 0.6) is 0 Å². The van der Waals surface area contributed by atoms with Crippen molar-refractivity contribution >= 4 is 41.5 Å². The van der Waals surface area contributed by atoms with Crippen molar-refractivity contribution in [3.63, 3.8) is 0 Å². The number of nitrogens with zero attached hydrogens (tertiary/aromatic N) is 1. The van der Waals surface area contributed by atoms with Crippen LogP contribution in [0.2, 0.25) is 5.02 Å². The van der Waals surface area contributed by atoms with Crippen molar-refractivity contribution in [2.24, 2.45) is 11.7 Å². The second kappa shape index (κ2) is 8.70. The van der Waals surface area contributed by atoms with E-state index in [1.54, 1.807) is 17.0 Å². The van der Waals surface area contributed by atoms with Gasteiger partial charge >= 0.3 is 0 Å². The fourth-order valence-electron chi connectivity index (χ4n) is 2.92. The van der Waals surface area contributed by atoms with Gasteiger partial charge in [-0.25, -0.2) is 0 Å². The van der Waals surface area contributed by atoms with Crippen LogP contribution in [0, 0.1) is 5.92 Å². The van der Waals surface area contributed by atoms with Gasteiger partial charge in [0.2, 0.25) is 11.8 Å². The molecular weight excluding hydrogens is 349 g/mol. The second-order valence-corrected chi connectivity index (χ2v) is 6.44. The number of nitrogens with one attached hydrogen (secondary N) is 1. The second-order valence-electron chi connectivity index (χ2n) is 6.04. The molecule has 0 aromatic heterocycles. The predicted molar refractivity (Wildman–Crippen MR) is 99.7 cm³/mol. The Morgan fingerprint density at radius 3 is 2.54 bits per heavy atom. The highest BCUT2D eigenvalue weighted by molar-refractivity contribution is 6.33. The third-order valence-electron chi connectivity index (χ3n) is 4.77. The number of nitrogens with two attached hydrogens (primary N) is 1. The first-order valence-corrected chi connectivity index (χ1v) is 8.41. The van der Waals surface area contributed by atoms with Gasteiger partial charge in [-0.2, -0.15) is 0 Å². The van der Waals surface area contributed by atoms with Crippen LogP contribution in [0.1, 0.15) is 33.1 Å². The number of rotatable bonds is 6. The van der Waals surface area contributed by atoms with Gasteiger partial charge < -0.3 is 16.0 Å². The number of hydrogen-bond donors (Lipinski definition) is 2. The summed E-state index contributed by atoms with van der Waals surface area (Å²) in [6, 6.07) is 7.18. The zero-order chi connectivity index (χ0) is 17.0. The Kier molecular flexibility index (Phi) is 7.52. The summed E-state index contributed by atoms with van der Waals surface area (Å²) < 4.78 is 0. The van der Waals surface area contributed by atoms with Gasteiger partial charge in [0.15, 0.2) is 0 Å². The Morgan fingerprint density at radius 1 is 1.38 bits per heavy atom. The summed E-state index contributed by atoms with van der Waals surface area (Å²) in [6.07, 6.45) is 1.73. The number of amides is 2. The SMILES string of the molecule is CCC(CC)(CN)NC(=O)C1CC(=O)N(c2ccccc2Cl)C1.Cl. The van der Waals surface area contributed by atoms with Gasteiger partial charge in [-0.05, 0) is 25.0 Å². The van der Waals surface area contributed by atoms with E-state index in [0.29, 0.717) is 23.8 Å². The highest BCUT2D eigenvalue weighted by atomic mass is 35.5. The van der Waals surface area contributed by atoms with Crippen LogP contribution >= 0.6 is 24.0 Å².